The van der Waals surface area contributed by atoms with E-state index in [0.717, 1.165) is 16.7 Å². The number of hydrogen-bond acceptors (Lipinski definition) is 6. The van der Waals surface area contributed by atoms with E-state index in [2.05, 4.69) is 0 Å². The maximum Gasteiger partial charge on any atom is 0.404 e. The Labute approximate surface area is 259 Å². The van der Waals surface area contributed by atoms with E-state index in [9.17, 15) is 9.90 Å². The van der Waals surface area contributed by atoms with Gasteiger partial charge in [-0.1, -0.05) is 105 Å². The lowest BCUT2D eigenvalue weighted by atomic mass is 10.0. The Hall–Kier alpha value is -3.94. The Balaban J connectivity index is 1.62. The van der Waals surface area contributed by atoms with Crippen LogP contribution in [0.3, 0.4) is 0 Å². The topological polar surface area (TPSA) is 111 Å². The molecule has 0 radical (unpaired) electrons. The van der Waals surface area contributed by atoms with Gasteiger partial charge in [0.15, 0.2) is 0 Å². The van der Waals surface area contributed by atoms with Crippen LogP contribution in [-0.2, 0) is 33.5 Å². The van der Waals surface area contributed by atoms with Gasteiger partial charge < -0.3 is 24.8 Å². The normalized spacial score (nSPS) is 14.1. The second kappa shape index (κ2) is 16.2. The molecule has 0 aromatic heterocycles. The number of hydrogen-bond donors (Lipinski definition) is 2. The van der Waals surface area contributed by atoms with Crippen molar-refractivity contribution in [3.05, 3.63) is 132 Å². The molecule has 44 heavy (non-hydrogen) atoms. The quantitative estimate of drug-likeness (QED) is 0.142. The summed E-state index contributed by atoms with van der Waals surface area (Å²) in [4.78, 5) is 11.8. The van der Waals surface area contributed by atoms with E-state index >= 15 is 4.57 Å². The van der Waals surface area contributed by atoms with Crippen molar-refractivity contribution >= 4 is 18.9 Å². The molecule has 3 N–H and O–H groups in total. The molecule has 0 aliphatic heterocycles. The summed E-state index contributed by atoms with van der Waals surface area (Å²) in [7, 11) is -3.76. The van der Waals surface area contributed by atoms with Crippen LogP contribution in [0.25, 0.3) is 0 Å². The lowest BCUT2D eigenvalue weighted by molar-refractivity contribution is -0.00352. The number of rotatable bonds is 16. The van der Waals surface area contributed by atoms with Crippen LogP contribution < -0.4 is 15.8 Å². The summed E-state index contributed by atoms with van der Waals surface area (Å²) in [5.74, 6) is 0.703. The van der Waals surface area contributed by atoms with E-state index in [1.165, 1.54) is 0 Å². The van der Waals surface area contributed by atoms with Crippen molar-refractivity contribution < 1.29 is 28.5 Å². The highest BCUT2D eigenvalue weighted by Crippen LogP contribution is 2.51. The Morgan fingerprint density at radius 3 is 1.82 bits per heavy atom. The Bertz CT molecular complexity index is 1470. The minimum absolute atomic E-state index is 0.0777. The van der Waals surface area contributed by atoms with Crippen molar-refractivity contribution in [1.29, 1.82) is 0 Å². The molecule has 0 saturated carbocycles. The summed E-state index contributed by atoms with van der Waals surface area (Å²) in [6, 6.07) is 35.8. The average molecular weight is 617 g/mol. The first-order valence-corrected chi connectivity index (χ1v) is 16.3. The molecule has 0 fully saturated rings. The predicted molar refractivity (Wildman–Crippen MR) is 173 cm³/mol. The molecule has 1 amide bonds. The molecule has 8 nitrogen and oxygen atoms in total. The van der Waals surface area contributed by atoms with Gasteiger partial charge in [-0.3, -0.25) is 4.57 Å². The molecular formula is C35H41N2O6P. The molecule has 0 aliphatic rings. The van der Waals surface area contributed by atoms with Gasteiger partial charge in [-0.15, -0.1) is 0 Å². The molecule has 4 rings (SSSR count). The summed E-state index contributed by atoms with van der Waals surface area (Å²) in [6.07, 6.45) is -2.91. The van der Waals surface area contributed by atoms with Crippen molar-refractivity contribution in [2.45, 2.75) is 45.7 Å². The van der Waals surface area contributed by atoms with Crippen molar-refractivity contribution in [2.24, 2.45) is 11.7 Å². The largest absolute Gasteiger partial charge is 0.489 e. The highest BCUT2D eigenvalue weighted by Gasteiger charge is 2.38. The number of primary amides is 1. The van der Waals surface area contributed by atoms with E-state index in [0.29, 0.717) is 24.2 Å². The number of aliphatic hydroxyl groups excluding tert-OH is 1. The maximum atomic E-state index is 15.1. The van der Waals surface area contributed by atoms with Crippen LogP contribution in [0, 0.1) is 5.92 Å². The number of ether oxygens (including phenoxy) is 2. The summed E-state index contributed by atoms with van der Waals surface area (Å²) in [5.41, 5.74) is 8.14. The predicted octanol–water partition coefficient (Wildman–Crippen LogP) is 6.33. The number of carbonyl (C=O) groups is 1. The van der Waals surface area contributed by atoms with Gasteiger partial charge in [0.25, 0.3) is 0 Å². The number of carbonyl (C=O) groups excluding carboxylic acids is 1. The SMILES string of the molecule is CC(C)CN(C[C@@H](O)[C@H](Cc1ccccc1)OC(N)=O)P(=O)(OCc1ccccc1)c1ccc(OCc2ccccc2)cc1. The molecule has 0 spiro atoms. The number of amides is 1. The molecule has 0 aliphatic carbocycles. The number of benzene rings is 4. The first kappa shape index (κ1) is 33.0. The highest BCUT2D eigenvalue weighted by atomic mass is 31.2. The van der Waals surface area contributed by atoms with E-state index in [-0.39, 0.29) is 25.5 Å². The van der Waals surface area contributed by atoms with Crippen LogP contribution in [0.1, 0.15) is 30.5 Å². The standard InChI is InChI=1S/C35H41N2O6P/c1-27(2)23-37(24-33(38)34(43-35(36)39)22-28-12-6-3-7-13-28)44(40,42-26-30-16-10-5-11-17-30)32-20-18-31(19-21-32)41-25-29-14-8-4-9-15-29/h3-21,27,33-34,38H,22-26H2,1-2H3,(H2,36,39)/t33-,34+,44?/m1/s1. The molecule has 1 unspecified atom stereocenters. The van der Waals surface area contributed by atoms with Gasteiger partial charge in [0, 0.05) is 19.5 Å². The fourth-order valence-corrected chi connectivity index (χ4v) is 7.24. The zero-order chi connectivity index (χ0) is 31.4. The second-order valence-electron chi connectivity index (χ2n) is 11.0. The molecule has 0 heterocycles. The zero-order valence-corrected chi connectivity index (χ0v) is 26.1. The van der Waals surface area contributed by atoms with Gasteiger partial charge >= 0.3 is 13.6 Å². The minimum Gasteiger partial charge on any atom is -0.489 e. The van der Waals surface area contributed by atoms with Gasteiger partial charge in [0.2, 0.25) is 0 Å². The fraction of sp³-hybridized carbons (Fsp3) is 0.286. The maximum absolute atomic E-state index is 15.1. The Morgan fingerprint density at radius 1 is 0.773 bits per heavy atom. The van der Waals surface area contributed by atoms with Crippen molar-refractivity contribution in [1.82, 2.24) is 4.67 Å². The average Bonchev–Trinajstić information content (AvgIpc) is 3.03. The van der Waals surface area contributed by atoms with Crippen molar-refractivity contribution in [3.8, 4) is 5.75 Å². The van der Waals surface area contributed by atoms with E-state index in [1.807, 2.05) is 105 Å². The monoisotopic (exact) mass is 616 g/mol. The van der Waals surface area contributed by atoms with Gasteiger partial charge in [-0.25, -0.2) is 9.46 Å². The highest BCUT2D eigenvalue weighted by molar-refractivity contribution is 7.64. The molecule has 0 bridgehead atoms. The summed E-state index contributed by atoms with van der Waals surface area (Å²) in [6.45, 7) is 4.77. The van der Waals surface area contributed by atoms with Crippen LogP contribution in [-0.4, -0.2) is 41.2 Å². The number of nitrogens with two attached hydrogens (primary N) is 1. The third-order valence-electron chi connectivity index (χ3n) is 6.98. The van der Waals surface area contributed by atoms with Crippen LogP contribution in [0.5, 0.6) is 5.75 Å². The third-order valence-corrected chi connectivity index (χ3v) is 9.48. The zero-order valence-electron chi connectivity index (χ0n) is 25.2. The van der Waals surface area contributed by atoms with Crippen LogP contribution >= 0.6 is 7.52 Å². The molecule has 4 aromatic carbocycles. The lowest BCUT2D eigenvalue weighted by Crippen LogP contribution is -2.44. The number of nitrogens with zero attached hydrogens (tertiary/aromatic N) is 1. The first-order valence-electron chi connectivity index (χ1n) is 14.7. The Kier molecular flexibility index (Phi) is 12.2. The smallest absolute Gasteiger partial charge is 0.404 e. The fourth-order valence-electron chi connectivity index (χ4n) is 4.82. The van der Waals surface area contributed by atoms with Crippen LogP contribution in [0.4, 0.5) is 4.79 Å². The molecule has 9 heteroatoms. The van der Waals surface area contributed by atoms with E-state index in [1.54, 1.807) is 28.9 Å². The first-order chi connectivity index (χ1) is 21.2. The van der Waals surface area contributed by atoms with E-state index < -0.39 is 25.8 Å². The van der Waals surface area contributed by atoms with Gasteiger partial charge in [-0.2, -0.15) is 0 Å². The summed E-state index contributed by atoms with van der Waals surface area (Å²) < 4.78 is 34.4. The molecular weight excluding hydrogens is 575 g/mol. The molecule has 3 atom stereocenters. The minimum atomic E-state index is -3.76. The molecule has 232 valence electrons. The van der Waals surface area contributed by atoms with Gasteiger partial charge in [0.05, 0.1) is 11.9 Å². The van der Waals surface area contributed by atoms with Gasteiger partial charge in [0.1, 0.15) is 24.6 Å². The van der Waals surface area contributed by atoms with Crippen molar-refractivity contribution in [3.63, 3.8) is 0 Å². The Morgan fingerprint density at radius 2 is 1.30 bits per heavy atom. The second-order valence-corrected chi connectivity index (χ2v) is 13.4. The van der Waals surface area contributed by atoms with Crippen LogP contribution in [0.15, 0.2) is 115 Å². The van der Waals surface area contributed by atoms with E-state index in [4.69, 9.17) is 19.7 Å². The molecule has 4 aromatic rings. The van der Waals surface area contributed by atoms with Crippen LogP contribution in [0.2, 0.25) is 0 Å². The summed E-state index contributed by atoms with van der Waals surface area (Å²) >= 11 is 0. The third kappa shape index (κ3) is 9.79. The van der Waals surface area contributed by atoms with Crippen molar-refractivity contribution in [2.75, 3.05) is 13.1 Å². The summed E-state index contributed by atoms with van der Waals surface area (Å²) in [5, 5.41) is 11.9. The number of aliphatic hydroxyl groups is 1. The molecule has 0 saturated heterocycles. The van der Waals surface area contributed by atoms with Gasteiger partial charge in [-0.05, 0) is 46.9 Å². The lowest BCUT2D eigenvalue weighted by Gasteiger charge is -2.35.